The van der Waals surface area contributed by atoms with Crippen LogP contribution in [0.3, 0.4) is 0 Å². The molecule has 0 atom stereocenters. The summed E-state index contributed by atoms with van der Waals surface area (Å²) in [5, 5.41) is 0. The molecule has 10 aromatic carbocycles. The average Bonchev–Trinajstić information content (AvgIpc) is 3.36. The number of hydrogen-bond donors (Lipinski definition) is 0. The van der Waals surface area contributed by atoms with Crippen LogP contribution in [0, 0.1) is 0 Å². The Hall–Kier alpha value is -7.80. The molecule has 0 saturated carbocycles. The van der Waals surface area contributed by atoms with Crippen molar-refractivity contribution in [3.8, 4) is 0 Å². The molecule has 336 valence electrons. The minimum atomic E-state index is 0.890. The smallest absolute Gasteiger partial charge is 0.00255 e. The number of benzene rings is 10. The maximum atomic E-state index is 2.46. The molecule has 0 spiro atoms. The lowest BCUT2D eigenvalue weighted by atomic mass is 9.92. The van der Waals surface area contributed by atoms with Crippen molar-refractivity contribution < 1.29 is 0 Å². The molecule has 0 aromatic heterocycles. The molecule has 0 aliphatic carbocycles. The van der Waals surface area contributed by atoms with Crippen LogP contribution in [0.25, 0.3) is 0 Å². The molecule has 0 radical (unpaired) electrons. The first-order valence-electron chi connectivity index (χ1n) is 24.8. The molecular formula is C69H60. The summed E-state index contributed by atoms with van der Waals surface area (Å²) in [6.45, 7) is 0. The van der Waals surface area contributed by atoms with Crippen molar-refractivity contribution in [3.63, 3.8) is 0 Å². The highest BCUT2D eigenvalue weighted by Gasteiger charge is 2.10. The molecule has 0 bridgehead atoms. The molecule has 0 heterocycles. The van der Waals surface area contributed by atoms with E-state index in [1.165, 1.54) is 100 Å². The van der Waals surface area contributed by atoms with Crippen LogP contribution >= 0.6 is 0 Å². The van der Waals surface area contributed by atoms with Gasteiger partial charge in [-0.2, -0.15) is 0 Å². The molecule has 0 amide bonds. The number of rotatable bonds is 18. The Labute approximate surface area is 410 Å². The Kier molecular flexibility index (Phi) is 14.6. The predicted octanol–water partition coefficient (Wildman–Crippen LogP) is 16.0. The Bertz CT molecular complexity index is 2870. The summed E-state index contributed by atoms with van der Waals surface area (Å²) in [4.78, 5) is 0. The van der Waals surface area contributed by atoms with E-state index in [0.717, 1.165) is 57.8 Å². The van der Waals surface area contributed by atoms with Crippen LogP contribution in [0.4, 0.5) is 0 Å². The van der Waals surface area contributed by atoms with Crippen molar-refractivity contribution in [2.75, 3.05) is 0 Å². The van der Waals surface area contributed by atoms with Gasteiger partial charge in [0.1, 0.15) is 0 Å². The lowest BCUT2D eigenvalue weighted by Gasteiger charge is -2.13. The summed E-state index contributed by atoms with van der Waals surface area (Å²) in [5.74, 6) is 0. The summed E-state index contributed by atoms with van der Waals surface area (Å²) in [5.41, 5.74) is 24.4. The molecule has 69 heavy (non-hydrogen) atoms. The fourth-order valence-corrected chi connectivity index (χ4v) is 10.2. The van der Waals surface area contributed by atoms with E-state index in [4.69, 9.17) is 0 Å². The molecule has 0 saturated heterocycles. The van der Waals surface area contributed by atoms with Crippen molar-refractivity contribution >= 4 is 0 Å². The SMILES string of the molecule is c1ccc(Cc2cccc(Cc3cccc(Cc4cc(Cc5cccc(Cc6cccc(Cc7ccccc7)c6)c5)cc(Cc5cccc(Cc6cccc(Cc7ccccc7)c6)c5)c4)c3)c2)cc1. The lowest BCUT2D eigenvalue weighted by molar-refractivity contribution is 1.07. The molecule has 0 aliphatic rings. The van der Waals surface area contributed by atoms with Crippen LogP contribution in [-0.4, -0.2) is 0 Å². The van der Waals surface area contributed by atoms with E-state index in [0.29, 0.717) is 0 Å². The first kappa shape index (κ1) is 45.0. The largest absolute Gasteiger partial charge is 0.0622 e. The monoisotopic (exact) mass is 888 g/mol. The minimum absolute atomic E-state index is 0.890. The van der Waals surface area contributed by atoms with Gasteiger partial charge in [0, 0.05) is 0 Å². The van der Waals surface area contributed by atoms with E-state index in [1.807, 2.05) is 0 Å². The van der Waals surface area contributed by atoms with Crippen molar-refractivity contribution in [2.45, 2.75) is 57.8 Å². The Morgan fingerprint density at radius 1 is 0.116 bits per heavy atom. The normalized spacial score (nSPS) is 11.1. The third-order valence-corrected chi connectivity index (χ3v) is 13.3. The predicted molar refractivity (Wildman–Crippen MR) is 290 cm³/mol. The number of hydrogen-bond acceptors (Lipinski definition) is 0. The zero-order chi connectivity index (χ0) is 46.5. The quantitative estimate of drug-likeness (QED) is 0.0805. The van der Waals surface area contributed by atoms with E-state index in [9.17, 15) is 0 Å². The molecule has 10 aromatic rings. The molecule has 0 fully saturated rings. The molecular weight excluding hydrogens is 829 g/mol. The fraction of sp³-hybridized carbons (Fsp3) is 0.130. The molecule has 0 unspecified atom stereocenters. The average molecular weight is 889 g/mol. The summed E-state index contributed by atoms with van der Waals surface area (Å²) in [6, 6.07) is 94.8. The molecule has 0 heteroatoms. The van der Waals surface area contributed by atoms with Crippen molar-refractivity contribution in [1.82, 2.24) is 0 Å². The van der Waals surface area contributed by atoms with Gasteiger partial charge < -0.3 is 0 Å². The van der Waals surface area contributed by atoms with E-state index in [2.05, 4.69) is 255 Å². The van der Waals surface area contributed by atoms with Gasteiger partial charge in [-0.05, 0) is 158 Å². The van der Waals surface area contributed by atoms with Gasteiger partial charge in [0.25, 0.3) is 0 Å². The van der Waals surface area contributed by atoms with Crippen molar-refractivity contribution in [2.24, 2.45) is 0 Å². The summed E-state index contributed by atoms with van der Waals surface area (Å²) < 4.78 is 0. The lowest BCUT2D eigenvalue weighted by Crippen LogP contribution is -1.99. The summed E-state index contributed by atoms with van der Waals surface area (Å²) in [6.07, 6.45) is 8.29. The first-order chi connectivity index (χ1) is 34.0. The van der Waals surface area contributed by atoms with Crippen LogP contribution in [-0.2, 0) is 57.8 Å². The van der Waals surface area contributed by atoms with Gasteiger partial charge in [-0.25, -0.2) is 0 Å². The van der Waals surface area contributed by atoms with Gasteiger partial charge in [-0.15, -0.1) is 0 Å². The van der Waals surface area contributed by atoms with Crippen LogP contribution in [0.5, 0.6) is 0 Å². The van der Waals surface area contributed by atoms with Crippen LogP contribution in [0.1, 0.15) is 100 Å². The van der Waals surface area contributed by atoms with Gasteiger partial charge in [0.2, 0.25) is 0 Å². The van der Waals surface area contributed by atoms with Crippen LogP contribution < -0.4 is 0 Å². The second kappa shape index (κ2) is 22.3. The first-order valence-corrected chi connectivity index (χ1v) is 24.8. The van der Waals surface area contributed by atoms with E-state index in [1.54, 1.807) is 0 Å². The van der Waals surface area contributed by atoms with Gasteiger partial charge in [-0.1, -0.05) is 255 Å². The zero-order valence-electron chi connectivity index (χ0n) is 39.6. The second-order valence-electron chi connectivity index (χ2n) is 19.1. The van der Waals surface area contributed by atoms with E-state index < -0.39 is 0 Å². The van der Waals surface area contributed by atoms with Crippen LogP contribution in [0.15, 0.2) is 255 Å². The molecule has 0 nitrogen and oxygen atoms in total. The standard InChI is InChI=1S/C69H60/c1-4-16-52(17-5-1)34-55-22-10-25-58(37-55)40-61-28-13-31-64(43-61)46-67-49-68(47-65-32-14-29-62(44-65)41-59-26-11-23-56(38-59)35-53-18-6-2-7-19-53)51-69(50-67)48-66-33-15-30-63(45-66)42-60-27-12-24-57(39-60)36-54-20-8-3-9-21-54/h1-33,37-39,43-45,49-51H,34-36,40-42,46-48H2. The second-order valence-corrected chi connectivity index (χ2v) is 19.1. The maximum Gasteiger partial charge on any atom is -0.00255 e. The summed E-state index contributed by atoms with van der Waals surface area (Å²) >= 11 is 0. The minimum Gasteiger partial charge on any atom is -0.0622 e. The molecule has 0 N–H and O–H groups in total. The highest BCUT2D eigenvalue weighted by Crippen LogP contribution is 2.25. The maximum absolute atomic E-state index is 2.46. The Morgan fingerprint density at radius 2 is 0.246 bits per heavy atom. The van der Waals surface area contributed by atoms with E-state index in [-0.39, 0.29) is 0 Å². The van der Waals surface area contributed by atoms with Gasteiger partial charge >= 0.3 is 0 Å². The highest BCUT2D eigenvalue weighted by molar-refractivity contribution is 5.43. The van der Waals surface area contributed by atoms with Crippen LogP contribution in [0.2, 0.25) is 0 Å². The third kappa shape index (κ3) is 13.2. The Balaban J connectivity index is 0.884. The van der Waals surface area contributed by atoms with Crippen molar-refractivity contribution in [3.05, 3.63) is 355 Å². The third-order valence-electron chi connectivity index (χ3n) is 13.3. The molecule has 10 rings (SSSR count). The van der Waals surface area contributed by atoms with Gasteiger partial charge in [0.05, 0.1) is 0 Å². The van der Waals surface area contributed by atoms with Gasteiger partial charge in [0.15, 0.2) is 0 Å². The zero-order valence-corrected chi connectivity index (χ0v) is 39.6. The van der Waals surface area contributed by atoms with Gasteiger partial charge in [-0.3, -0.25) is 0 Å². The van der Waals surface area contributed by atoms with Crippen molar-refractivity contribution in [1.29, 1.82) is 0 Å². The fourth-order valence-electron chi connectivity index (χ4n) is 10.2. The van der Waals surface area contributed by atoms with E-state index >= 15 is 0 Å². The summed E-state index contributed by atoms with van der Waals surface area (Å²) in [7, 11) is 0. The molecule has 0 aliphatic heterocycles. The Morgan fingerprint density at radius 3 is 0.435 bits per heavy atom. The highest BCUT2D eigenvalue weighted by atomic mass is 14.2. The topological polar surface area (TPSA) is 0 Å².